The lowest BCUT2D eigenvalue weighted by atomic mass is 9.58. The van der Waals surface area contributed by atoms with Crippen LogP contribution in [-0.2, 0) is 28.8 Å². The highest BCUT2D eigenvalue weighted by molar-refractivity contribution is 5.77. The summed E-state index contributed by atoms with van der Waals surface area (Å²) in [6.07, 6.45) is 2.99. The number of carbonyl (C=O) groups is 1. The first-order valence-corrected chi connectivity index (χ1v) is 11.8. The van der Waals surface area contributed by atoms with Crippen LogP contribution in [0, 0.1) is 23.7 Å². The molecule has 7 nitrogen and oxygen atoms in total. The number of esters is 1. The summed E-state index contributed by atoms with van der Waals surface area (Å²) in [6, 6.07) is 7.54. The summed E-state index contributed by atoms with van der Waals surface area (Å²) in [5.74, 6) is 0.490. The van der Waals surface area contributed by atoms with Crippen molar-refractivity contribution in [3.05, 3.63) is 29.8 Å². The third kappa shape index (κ3) is 3.36. The van der Waals surface area contributed by atoms with Crippen LogP contribution in [0.25, 0.3) is 0 Å². The number of hydrogen-bond acceptors (Lipinski definition) is 7. The predicted octanol–water partition coefficient (Wildman–Crippen LogP) is 4.55. The third-order valence-corrected chi connectivity index (χ3v) is 8.28. The van der Waals surface area contributed by atoms with Gasteiger partial charge in [-0.3, -0.25) is 4.79 Å². The average Bonchev–Trinajstić information content (AvgIpc) is 3.02. The van der Waals surface area contributed by atoms with Crippen LogP contribution >= 0.6 is 0 Å². The number of ether oxygens (including phenoxy) is 4. The first-order valence-electron chi connectivity index (χ1n) is 11.8. The van der Waals surface area contributed by atoms with E-state index in [9.17, 15) is 4.79 Å². The second-order valence-electron chi connectivity index (χ2n) is 10.2. The van der Waals surface area contributed by atoms with Crippen molar-refractivity contribution in [2.75, 3.05) is 7.11 Å². The zero-order valence-corrected chi connectivity index (χ0v) is 19.5. The minimum atomic E-state index is -0.797. The van der Waals surface area contributed by atoms with Crippen LogP contribution < -0.4 is 4.74 Å². The largest absolute Gasteiger partial charge is 0.469 e. The minimum absolute atomic E-state index is 0.101. The summed E-state index contributed by atoms with van der Waals surface area (Å²) in [6.45, 7) is 8.23. The fraction of sp³-hybridized carbons (Fsp3) is 0.720. The van der Waals surface area contributed by atoms with Crippen molar-refractivity contribution in [3.63, 3.8) is 0 Å². The molecule has 5 fully saturated rings. The Hall–Kier alpha value is -1.67. The van der Waals surface area contributed by atoms with Crippen LogP contribution in [-0.4, -0.2) is 37.0 Å². The van der Waals surface area contributed by atoms with E-state index in [0.29, 0.717) is 17.6 Å². The molecule has 176 valence electrons. The smallest absolute Gasteiger partial charge is 0.312 e. The van der Waals surface area contributed by atoms with Gasteiger partial charge in [0.1, 0.15) is 5.75 Å². The Labute approximate surface area is 189 Å². The van der Waals surface area contributed by atoms with Crippen molar-refractivity contribution in [2.45, 2.75) is 83.3 Å². The van der Waals surface area contributed by atoms with E-state index in [0.717, 1.165) is 31.2 Å². The molecule has 1 aromatic carbocycles. The molecule has 0 amide bonds. The number of benzene rings is 1. The molecule has 32 heavy (non-hydrogen) atoms. The van der Waals surface area contributed by atoms with Gasteiger partial charge in [-0.25, -0.2) is 9.78 Å². The van der Waals surface area contributed by atoms with E-state index in [4.69, 9.17) is 28.7 Å². The maximum absolute atomic E-state index is 11.8. The first kappa shape index (κ1) is 22.1. The lowest BCUT2D eigenvalue weighted by Crippen LogP contribution is -2.70. The normalized spacial score (nSPS) is 43.7. The molecule has 4 saturated heterocycles. The molecule has 0 aromatic heterocycles. The molecule has 1 unspecified atom stereocenters. The molecule has 5 aliphatic rings. The van der Waals surface area contributed by atoms with Gasteiger partial charge in [0.15, 0.2) is 11.9 Å². The molecule has 2 bridgehead atoms. The Kier molecular flexibility index (Phi) is 5.52. The SMILES string of the molecule is COC(=O)C(C)c1ccc(O[C@H]2O[C@@H]3O[C@]4(C)CC[C@H]5[C@H](C)CC[C@@H]([C@H]2C)[C@@]35OO4)cc1. The van der Waals surface area contributed by atoms with E-state index in [1.807, 2.05) is 38.1 Å². The van der Waals surface area contributed by atoms with Crippen molar-refractivity contribution in [2.24, 2.45) is 23.7 Å². The second-order valence-corrected chi connectivity index (χ2v) is 10.2. The van der Waals surface area contributed by atoms with E-state index < -0.39 is 24.0 Å². The molecule has 4 aliphatic heterocycles. The Bertz CT molecular complexity index is 856. The third-order valence-electron chi connectivity index (χ3n) is 8.28. The van der Waals surface area contributed by atoms with Crippen LogP contribution in [0.5, 0.6) is 5.75 Å². The number of rotatable bonds is 4. The van der Waals surface area contributed by atoms with Gasteiger partial charge in [-0.2, -0.15) is 0 Å². The topological polar surface area (TPSA) is 72.5 Å². The van der Waals surface area contributed by atoms with Gasteiger partial charge in [0, 0.05) is 18.3 Å². The quantitative estimate of drug-likeness (QED) is 0.496. The number of hydrogen-bond donors (Lipinski definition) is 0. The summed E-state index contributed by atoms with van der Waals surface area (Å²) < 4.78 is 24.0. The lowest BCUT2D eigenvalue weighted by molar-refractivity contribution is -0.575. The van der Waals surface area contributed by atoms with Crippen LogP contribution in [0.1, 0.15) is 64.9 Å². The highest BCUT2D eigenvalue weighted by atomic mass is 17.3. The summed E-state index contributed by atoms with van der Waals surface area (Å²) in [5.41, 5.74) is 0.292. The van der Waals surface area contributed by atoms with Crippen LogP contribution in [0.3, 0.4) is 0 Å². The van der Waals surface area contributed by atoms with Crippen LogP contribution in [0.15, 0.2) is 24.3 Å². The molecule has 0 radical (unpaired) electrons. The summed E-state index contributed by atoms with van der Waals surface area (Å²) >= 11 is 0. The minimum Gasteiger partial charge on any atom is -0.469 e. The predicted molar refractivity (Wildman–Crippen MR) is 114 cm³/mol. The van der Waals surface area contributed by atoms with Gasteiger partial charge < -0.3 is 18.9 Å². The fourth-order valence-corrected chi connectivity index (χ4v) is 6.29. The Balaban J connectivity index is 1.38. The standard InChI is InChI=1S/C25H34O7/c1-14-6-11-20-16(3)22(28-18-9-7-17(8-10-18)15(2)21(26)27-5)29-23-25(20)19(14)12-13-24(4,30-23)31-32-25/h7-10,14-16,19-20,22-23H,6,11-13H2,1-5H3/t14-,15?,16-,19+,20+,22+,23-,24+,25-/m1/s1. The van der Waals surface area contributed by atoms with Crippen LogP contribution in [0.4, 0.5) is 0 Å². The van der Waals surface area contributed by atoms with E-state index in [1.165, 1.54) is 7.11 Å². The first-order chi connectivity index (χ1) is 15.3. The molecule has 6 rings (SSSR count). The molecule has 1 saturated carbocycles. The lowest BCUT2D eigenvalue weighted by Gasteiger charge is -2.60. The highest BCUT2D eigenvalue weighted by Crippen LogP contribution is 2.60. The van der Waals surface area contributed by atoms with Crippen molar-refractivity contribution < 1.29 is 33.5 Å². The maximum atomic E-state index is 11.8. The van der Waals surface area contributed by atoms with Gasteiger partial charge in [-0.05, 0) is 62.6 Å². The molecular weight excluding hydrogens is 412 g/mol. The Morgan fingerprint density at radius 2 is 1.84 bits per heavy atom. The summed E-state index contributed by atoms with van der Waals surface area (Å²) in [4.78, 5) is 23.9. The second kappa shape index (κ2) is 7.97. The molecule has 1 spiro atoms. The van der Waals surface area contributed by atoms with E-state index in [1.54, 1.807) is 0 Å². The zero-order valence-electron chi connectivity index (χ0n) is 19.5. The van der Waals surface area contributed by atoms with E-state index in [2.05, 4.69) is 13.8 Å². The number of fused-ring (bicyclic) bond motifs is 2. The van der Waals surface area contributed by atoms with E-state index in [-0.39, 0.29) is 23.7 Å². The van der Waals surface area contributed by atoms with Crippen molar-refractivity contribution in [1.82, 2.24) is 0 Å². The van der Waals surface area contributed by atoms with Gasteiger partial charge in [0.05, 0.1) is 13.0 Å². The molecule has 9 atom stereocenters. The van der Waals surface area contributed by atoms with Crippen molar-refractivity contribution >= 4 is 5.97 Å². The zero-order chi connectivity index (χ0) is 22.7. The Morgan fingerprint density at radius 1 is 1.09 bits per heavy atom. The molecular formula is C25H34O7. The monoisotopic (exact) mass is 446 g/mol. The van der Waals surface area contributed by atoms with Crippen molar-refractivity contribution in [3.8, 4) is 5.75 Å². The molecule has 4 heterocycles. The fourth-order valence-electron chi connectivity index (χ4n) is 6.29. The highest BCUT2D eigenvalue weighted by Gasteiger charge is 2.69. The summed E-state index contributed by atoms with van der Waals surface area (Å²) in [7, 11) is 1.40. The molecule has 0 N–H and O–H groups in total. The molecule has 1 aromatic rings. The molecule has 1 aliphatic carbocycles. The van der Waals surface area contributed by atoms with Gasteiger partial charge in [0.25, 0.3) is 0 Å². The van der Waals surface area contributed by atoms with Crippen LogP contribution in [0.2, 0.25) is 0 Å². The van der Waals surface area contributed by atoms with E-state index >= 15 is 0 Å². The summed E-state index contributed by atoms with van der Waals surface area (Å²) in [5, 5.41) is 0. The Morgan fingerprint density at radius 3 is 2.56 bits per heavy atom. The number of carbonyl (C=O) groups excluding carboxylic acids is 1. The van der Waals surface area contributed by atoms with Crippen molar-refractivity contribution in [1.29, 1.82) is 0 Å². The van der Waals surface area contributed by atoms with Gasteiger partial charge in [-0.15, -0.1) is 0 Å². The average molecular weight is 447 g/mol. The van der Waals surface area contributed by atoms with Gasteiger partial charge in [0.2, 0.25) is 12.1 Å². The number of methoxy groups -OCH3 is 1. The maximum Gasteiger partial charge on any atom is 0.312 e. The van der Waals surface area contributed by atoms with Gasteiger partial charge >= 0.3 is 5.97 Å². The molecule has 7 heteroatoms. The van der Waals surface area contributed by atoms with Gasteiger partial charge in [-0.1, -0.05) is 26.0 Å².